The minimum atomic E-state index is -0.439. The van der Waals surface area contributed by atoms with Gasteiger partial charge in [0.2, 0.25) is 0 Å². The van der Waals surface area contributed by atoms with Gasteiger partial charge in [0, 0.05) is 12.7 Å². The number of fused-ring (bicyclic) bond motifs is 1. The van der Waals surface area contributed by atoms with Crippen LogP contribution in [-0.2, 0) is 6.54 Å². The Morgan fingerprint density at radius 1 is 1.47 bits per heavy atom. The van der Waals surface area contributed by atoms with Crippen molar-refractivity contribution in [1.82, 2.24) is 4.57 Å². The van der Waals surface area contributed by atoms with Gasteiger partial charge in [-0.1, -0.05) is 0 Å². The number of hydrogen-bond acceptors (Lipinski definition) is 2. The number of aliphatic hydroxyl groups excluding tert-OH is 1. The molecule has 0 radical (unpaired) electrons. The van der Waals surface area contributed by atoms with Crippen molar-refractivity contribution >= 4 is 26.7 Å². The second-order valence-corrected chi connectivity index (χ2v) is 5.51. The first-order chi connectivity index (χ1) is 8.99. The van der Waals surface area contributed by atoms with Crippen molar-refractivity contribution < 1.29 is 9.50 Å². The lowest BCUT2D eigenvalue weighted by molar-refractivity contribution is 0.179. The molecule has 3 nitrogen and oxygen atoms in total. The molecular formula is C14H15BrFNO2. The molecule has 0 aliphatic rings. The SMILES string of the molecule is CC(O)CCCn1ccc2cc(Br)c(F)cc2c1=O. The lowest BCUT2D eigenvalue weighted by atomic mass is 10.1. The maximum absolute atomic E-state index is 13.5. The average Bonchev–Trinajstić information content (AvgIpc) is 2.34. The van der Waals surface area contributed by atoms with Crippen molar-refractivity contribution in [2.45, 2.75) is 32.4 Å². The summed E-state index contributed by atoms with van der Waals surface area (Å²) in [5, 5.41) is 10.3. The van der Waals surface area contributed by atoms with Gasteiger partial charge in [-0.05, 0) is 59.3 Å². The molecule has 1 aromatic heterocycles. The minimum Gasteiger partial charge on any atom is -0.393 e. The molecule has 1 atom stereocenters. The van der Waals surface area contributed by atoms with Gasteiger partial charge >= 0.3 is 0 Å². The molecule has 2 aromatic rings. The molecule has 5 heteroatoms. The summed E-state index contributed by atoms with van der Waals surface area (Å²) in [6.45, 7) is 2.24. The first-order valence-corrected chi connectivity index (χ1v) is 6.94. The van der Waals surface area contributed by atoms with Crippen LogP contribution in [0.2, 0.25) is 0 Å². The number of aliphatic hydroxyl groups is 1. The molecule has 0 spiro atoms. The van der Waals surface area contributed by atoms with E-state index in [2.05, 4.69) is 15.9 Å². The number of pyridine rings is 1. The van der Waals surface area contributed by atoms with Crippen LogP contribution < -0.4 is 5.56 Å². The predicted molar refractivity (Wildman–Crippen MR) is 76.8 cm³/mol. The summed E-state index contributed by atoms with van der Waals surface area (Å²) in [6, 6.07) is 4.66. The van der Waals surface area contributed by atoms with Crippen molar-refractivity contribution in [3.05, 3.63) is 45.0 Å². The second-order valence-electron chi connectivity index (χ2n) is 4.66. The summed E-state index contributed by atoms with van der Waals surface area (Å²) in [4.78, 5) is 12.2. The van der Waals surface area contributed by atoms with Crippen LogP contribution in [0.5, 0.6) is 0 Å². The first kappa shape index (κ1) is 14.2. The van der Waals surface area contributed by atoms with Crippen LogP contribution in [0.15, 0.2) is 33.7 Å². The molecule has 0 amide bonds. The summed E-state index contributed by atoms with van der Waals surface area (Å²) in [5.41, 5.74) is -0.200. The monoisotopic (exact) mass is 327 g/mol. The maximum Gasteiger partial charge on any atom is 0.258 e. The highest BCUT2D eigenvalue weighted by Gasteiger charge is 2.07. The Morgan fingerprint density at radius 3 is 2.89 bits per heavy atom. The van der Waals surface area contributed by atoms with Crippen LogP contribution in [0.1, 0.15) is 19.8 Å². The zero-order valence-corrected chi connectivity index (χ0v) is 12.2. The number of benzene rings is 1. The van der Waals surface area contributed by atoms with E-state index in [1.165, 1.54) is 6.07 Å². The maximum atomic E-state index is 13.5. The van der Waals surface area contributed by atoms with Gasteiger partial charge in [-0.25, -0.2) is 4.39 Å². The molecule has 0 saturated carbocycles. The van der Waals surface area contributed by atoms with Gasteiger partial charge in [0.05, 0.1) is 16.0 Å². The Bertz CT molecular complexity index is 652. The predicted octanol–water partition coefficient (Wildman–Crippen LogP) is 3.06. The molecule has 0 bridgehead atoms. The lowest BCUT2D eigenvalue weighted by Gasteiger charge is -2.08. The van der Waals surface area contributed by atoms with Gasteiger partial charge < -0.3 is 9.67 Å². The van der Waals surface area contributed by atoms with E-state index in [0.717, 1.165) is 0 Å². The van der Waals surface area contributed by atoms with E-state index in [1.54, 1.807) is 29.8 Å². The molecule has 1 aromatic carbocycles. The summed E-state index contributed by atoms with van der Waals surface area (Å²) in [7, 11) is 0. The van der Waals surface area contributed by atoms with Crippen LogP contribution >= 0.6 is 15.9 Å². The Labute approximate surface area is 118 Å². The summed E-state index contributed by atoms with van der Waals surface area (Å²) in [5.74, 6) is -0.439. The lowest BCUT2D eigenvalue weighted by Crippen LogP contribution is -2.20. The van der Waals surface area contributed by atoms with E-state index in [9.17, 15) is 14.3 Å². The van der Waals surface area contributed by atoms with Crippen LogP contribution in [0.25, 0.3) is 10.8 Å². The van der Waals surface area contributed by atoms with E-state index in [1.807, 2.05) is 0 Å². The van der Waals surface area contributed by atoms with Crippen molar-refractivity contribution in [3.63, 3.8) is 0 Å². The number of rotatable bonds is 4. The Balaban J connectivity index is 2.35. The number of aromatic nitrogens is 1. The fourth-order valence-electron chi connectivity index (χ4n) is 2.01. The minimum absolute atomic E-state index is 0.200. The molecule has 1 N–H and O–H groups in total. The van der Waals surface area contributed by atoms with E-state index in [4.69, 9.17) is 0 Å². The van der Waals surface area contributed by atoms with E-state index in [0.29, 0.717) is 34.6 Å². The topological polar surface area (TPSA) is 42.2 Å². The van der Waals surface area contributed by atoms with Crippen LogP contribution in [0, 0.1) is 5.82 Å². The van der Waals surface area contributed by atoms with Gasteiger partial charge in [0.1, 0.15) is 5.82 Å². The Kier molecular flexibility index (Phi) is 4.37. The van der Waals surface area contributed by atoms with E-state index < -0.39 is 5.82 Å². The number of hydrogen-bond donors (Lipinski definition) is 1. The summed E-state index contributed by atoms with van der Waals surface area (Å²) in [6.07, 6.45) is 2.68. The van der Waals surface area contributed by atoms with Gasteiger partial charge in [-0.2, -0.15) is 0 Å². The highest BCUT2D eigenvalue weighted by molar-refractivity contribution is 9.10. The van der Waals surface area contributed by atoms with Gasteiger partial charge in [0.15, 0.2) is 0 Å². The molecule has 1 heterocycles. The first-order valence-electron chi connectivity index (χ1n) is 6.15. The van der Waals surface area contributed by atoms with Crippen LogP contribution in [0.3, 0.4) is 0 Å². The third-order valence-corrected chi connectivity index (χ3v) is 3.65. The summed E-state index contributed by atoms with van der Waals surface area (Å²) < 4.78 is 15.4. The van der Waals surface area contributed by atoms with Gasteiger partial charge in [0.25, 0.3) is 5.56 Å². The van der Waals surface area contributed by atoms with E-state index in [-0.39, 0.29) is 11.7 Å². The summed E-state index contributed by atoms with van der Waals surface area (Å²) >= 11 is 3.11. The smallest absolute Gasteiger partial charge is 0.258 e. The third-order valence-electron chi connectivity index (χ3n) is 3.04. The van der Waals surface area contributed by atoms with Gasteiger partial charge in [-0.3, -0.25) is 4.79 Å². The number of nitrogens with zero attached hydrogens (tertiary/aromatic N) is 1. The molecule has 1 unspecified atom stereocenters. The molecule has 0 aliphatic heterocycles. The second kappa shape index (κ2) is 5.84. The van der Waals surface area contributed by atoms with Crippen LogP contribution in [-0.4, -0.2) is 15.8 Å². The molecule has 2 rings (SSSR count). The van der Waals surface area contributed by atoms with Crippen molar-refractivity contribution in [2.75, 3.05) is 0 Å². The zero-order valence-electron chi connectivity index (χ0n) is 10.6. The Hall–Kier alpha value is -1.20. The Morgan fingerprint density at radius 2 is 2.21 bits per heavy atom. The largest absolute Gasteiger partial charge is 0.393 e. The van der Waals surface area contributed by atoms with Crippen molar-refractivity contribution in [1.29, 1.82) is 0 Å². The molecular weight excluding hydrogens is 313 g/mol. The normalized spacial score (nSPS) is 12.8. The quantitative estimate of drug-likeness (QED) is 0.937. The zero-order chi connectivity index (χ0) is 14.0. The molecule has 0 aliphatic carbocycles. The highest BCUT2D eigenvalue weighted by atomic mass is 79.9. The molecule has 19 heavy (non-hydrogen) atoms. The van der Waals surface area contributed by atoms with Crippen LogP contribution in [0.4, 0.5) is 4.39 Å². The molecule has 102 valence electrons. The molecule has 0 saturated heterocycles. The van der Waals surface area contributed by atoms with Crippen molar-refractivity contribution in [2.24, 2.45) is 0 Å². The van der Waals surface area contributed by atoms with E-state index >= 15 is 0 Å². The fourth-order valence-corrected chi connectivity index (χ4v) is 2.37. The van der Waals surface area contributed by atoms with Gasteiger partial charge in [-0.15, -0.1) is 0 Å². The standard InChI is InChI=1S/C14H15BrFNO2/c1-9(18)3-2-5-17-6-4-10-7-12(15)13(16)8-11(10)14(17)19/h4,6-9,18H,2-3,5H2,1H3. The van der Waals surface area contributed by atoms with Crippen molar-refractivity contribution in [3.8, 4) is 0 Å². The number of halogens is 2. The molecule has 0 fully saturated rings. The average molecular weight is 328 g/mol. The third kappa shape index (κ3) is 3.22. The highest BCUT2D eigenvalue weighted by Crippen LogP contribution is 2.21. The fraction of sp³-hybridized carbons (Fsp3) is 0.357. The number of aryl methyl sites for hydroxylation is 1.